The van der Waals surface area contributed by atoms with E-state index < -0.39 is 12.1 Å². The van der Waals surface area contributed by atoms with Crippen LogP contribution < -0.4 is 10.6 Å². The lowest BCUT2D eigenvalue weighted by Gasteiger charge is -2.14. The van der Waals surface area contributed by atoms with Crippen molar-refractivity contribution < 1.29 is 19.4 Å². The van der Waals surface area contributed by atoms with E-state index in [-0.39, 0.29) is 19.0 Å². The zero-order valence-electron chi connectivity index (χ0n) is 10.7. The third kappa shape index (κ3) is 6.78. The molecule has 1 unspecified atom stereocenters. The quantitative estimate of drug-likeness (QED) is 0.667. The van der Waals surface area contributed by atoms with Crippen molar-refractivity contribution in [1.82, 2.24) is 10.6 Å². The normalized spacial score (nSPS) is 11.8. The maximum atomic E-state index is 11.5. The highest BCUT2D eigenvalue weighted by atomic mass is 32.1. The summed E-state index contributed by atoms with van der Waals surface area (Å²) >= 11 is 1.65. The fourth-order valence-corrected chi connectivity index (χ4v) is 2.17. The number of carboxylic acids is 1. The Morgan fingerprint density at radius 1 is 1.47 bits per heavy atom. The molecule has 1 aromatic rings. The highest BCUT2D eigenvalue weighted by molar-refractivity contribution is 7.09. The molecule has 3 N–H and O–H groups in total. The smallest absolute Gasteiger partial charge is 0.314 e. The van der Waals surface area contributed by atoms with Crippen molar-refractivity contribution in [2.24, 2.45) is 0 Å². The average Bonchev–Trinajstić information content (AvgIpc) is 2.87. The number of carbonyl (C=O) groups is 2. The molecule has 19 heavy (non-hydrogen) atoms. The van der Waals surface area contributed by atoms with Gasteiger partial charge < -0.3 is 20.5 Å². The number of carbonyl (C=O) groups excluding carboxylic acids is 1. The van der Waals surface area contributed by atoms with Crippen LogP contribution in [0.3, 0.4) is 0 Å². The van der Waals surface area contributed by atoms with Crippen LogP contribution in [-0.4, -0.2) is 43.4 Å². The van der Waals surface area contributed by atoms with Gasteiger partial charge in [0.2, 0.25) is 0 Å². The molecule has 1 heterocycles. The topological polar surface area (TPSA) is 87.7 Å². The fraction of sp³-hybridized carbons (Fsp3) is 0.500. The van der Waals surface area contributed by atoms with Crippen molar-refractivity contribution in [2.75, 3.05) is 20.2 Å². The van der Waals surface area contributed by atoms with Gasteiger partial charge in [0.1, 0.15) is 0 Å². The van der Waals surface area contributed by atoms with Crippen molar-refractivity contribution in [1.29, 1.82) is 0 Å². The van der Waals surface area contributed by atoms with Crippen LogP contribution in [0.4, 0.5) is 4.79 Å². The highest BCUT2D eigenvalue weighted by Crippen LogP contribution is 2.07. The number of amides is 2. The van der Waals surface area contributed by atoms with Gasteiger partial charge in [-0.15, -0.1) is 11.3 Å². The number of carboxylic acid groups (broad SMARTS) is 1. The molecule has 1 atom stereocenters. The first kappa shape index (κ1) is 15.5. The van der Waals surface area contributed by atoms with Gasteiger partial charge in [0.05, 0.1) is 12.5 Å². The molecule has 2 amide bonds. The molecule has 1 aromatic heterocycles. The summed E-state index contributed by atoms with van der Waals surface area (Å²) in [5.41, 5.74) is 0. The van der Waals surface area contributed by atoms with E-state index in [1.54, 1.807) is 11.3 Å². The molecule has 0 radical (unpaired) electrons. The number of rotatable bonds is 8. The van der Waals surface area contributed by atoms with Crippen molar-refractivity contribution >= 4 is 23.3 Å². The van der Waals surface area contributed by atoms with Crippen molar-refractivity contribution in [2.45, 2.75) is 18.9 Å². The maximum absolute atomic E-state index is 11.5. The van der Waals surface area contributed by atoms with E-state index in [9.17, 15) is 9.59 Å². The second kappa shape index (κ2) is 8.49. The molecule has 0 saturated heterocycles. The first-order chi connectivity index (χ1) is 9.11. The van der Waals surface area contributed by atoms with Crippen molar-refractivity contribution in [3.8, 4) is 0 Å². The zero-order chi connectivity index (χ0) is 14.1. The van der Waals surface area contributed by atoms with E-state index in [1.165, 1.54) is 12.0 Å². The Bertz CT molecular complexity index is 394. The minimum Gasteiger partial charge on any atom is -0.481 e. The average molecular weight is 286 g/mol. The molecule has 7 heteroatoms. The fourth-order valence-electron chi connectivity index (χ4n) is 1.46. The summed E-state index contributed by atoms with van der Waals surface area (Å²) < 4.78 is 4.95. The van der Waals surface area contributed by atoms with Gasteiger partial charge in [-0.05, 0) is 17.9 Å². The summed E-state index contributed by atoms with van der Waals surface area (Å²) in [5, 5.41) is 15.9. The van der Waals surface area contributed by atoms with Gasteiger partial charge in [-0.2, -0.15) is 0 Å². The summed E-state index contributed by atoms with van der Waals surface area (Å²) in [6.07, 6.45) is 0.139. The molecule has 106 valence electrons. The highest BCUT2D eigenvalue weighted by Gasteiger charge is 2.13. The second-order valence-electron chi connectivity index (χ2n) is 3.92. The Balaban J connectivity index is 2.14. The third-order valence-corrected chi connectivity index (χ3v) is 3.40. The van der Waals surface area contributed by atoms with Crippen LogP contribution in [0, 0.1) is 0 Å². The monoisotopic (exact) mass is 286 g/mol. The van der Waals surface area contributed by atoms with Crippen LogP contribution in [0.25, 0.3) is 0 Å². The van der Waals surface area contributed by atoms with E-state index in [2.05, 4.69) is 10.6 Å². The van der Waals surface area contributed by atoms with E-state index in [0.717, 1.165) is 6.42 Å². The molecule has 0 fully saturated rings. The summed E-state index contributed by atoms with van der Waals surface area (Å²) in [6.45, 7) is 0.719. The van der Waals surface area contributed by atoms with Gasteiger partial charge in [-0.3, -0.25) is 4.79 Å². The zero-order valence-corrected chi connectivity index (χ0v) is 11.5. The summed E-state index contributed by atoms with van der Waals surface area (Å²) in [5.74, 6) is -0.952. The minimum absolute atomic E-state index is 0.133. The standard InChI is InChI=1S/C12H18N2O4S/c1-18-9(7-11(15)16)8-14-12(17)13-5-4-10-3-2-6-19-10/h2-3,6,9H,4-5,7-8H2,1H3,(H,15,16)(H2,13,14,17). The molecule has 1 rings (SSSR count). The predicted octanol–water partition coefficient (Wildman–Crippen LogP) is 1.08. The number of thiophene rings is 1. The number of hydrogen-bond acceptors (Lipinski definition) is 4. The van der Waals surface area contributed by atoms with Gasteiger partial charge in [-0.25, -0.2) is 4.79 Å². The summed E-state index contributed by atoms with van der Waals surface area (Å²) in [4.78, 5) is 23.2. The molecule has 6 nitrogen and oxygen atoms in total. The van der Waals surface area contributed by atoms with Crippen molar-refractivity contribution in [3.05, 3.63) is 22.4 Å². The summed E-state index contributed by atoms with van der Waals surface area (Å²) in [6, 6.07) is 3.66. The maximum Gasteiger partial charge on any atom is 0.314 e. The lowest BCUT2D eigenvalue weighted by Crippen LogP contribution is -2.41. The van der Waals surface area contributed by atoms with Gasteiger partial charge >= 0.3 is 12.0 Å². The van der Waals surface area contributed by atoms with Gasteiger partial charge in [-0.1, -0.05) is 6.07 Å². The van der Waals surface area contributed by atoms with Crippen LogP contribution in [0.2, 0.25) is 0 Å². The van der Waals surface area contributed by atoms with Gasteiger partial charge in [0.25, 0.3) is 0 Å². The number of ether oxygens (including phenoxy) is 1. The molecule has 0 aliphatic rings. The SMILES string of the molecule is COC(CNC(=O)NCCc1cccs1)CC(=O)O. The Labute approximate surface area is 115 Å². The third-order valence-electron chi connectivity index (χ3n) is 2.46. The van der Waals surface area contributed by atoms with Gasteiger partial charge in [0, 0.05) is 25.1 Å². The number of nitrogens with one attached hydrogen (secondary N) is 2. The molecule has 0 aliphatic heterocycles. The first-order valence-corrected chi connectivity index (χ1v) is 6.78. The van der Waals surface area contributed by atoms with E-state index in [4.69, 9.17) is 9.84 Å². The van der Waals surface area contributed by atoms with E-state index in [0.29, 0.717) is 6.54 Å². The minimum atomic E-state index is -0.952. The lowest BCUT2D eigenvalue weighted by atomic mass is 10.2. The molecular weight excluding hydrogens is 268 g/mol. The molecule has 0 aliphatic carbocycles. The van der Waals surface area contributed by atoms with Crippen LogP contribution in [0.1, 0.15) is 11.3 Å². The first-order valence-electron chi connectivity index (χ1n) is 5.90. The molecule has 0 aromatic carbocycles. The van der Waals surface area contributed by atoms with Crippen LogP contribution in [-0.2, 0) is 16.0 Å². The molecular formula is C12H18N2O4S. The Hall–Kier alpha value is -1.60. The number of urea groups is 1. The van der Waals surface area contributed by atoms with Crippen LogP contribution in [0.5, 0.6) is 0 Å². The van der Waals surface area contributed by atoms with Crippen LogP contribution >= 0.6 is 11.3 Å². The molecule has 0 saturated carbocycles. The largest absolute Gasteiger partial charge is 0.481 e. The van der Waals surface area contributed by atoms with E-state index in [1.807, 2.05) is 17.5 Å². The Kier molecular flexibility index (Phi) is 6.91. The van der Waals surface area contributed by atoms with Gasteiger partial charge in [0.15, 0.2) is 0 Å². The Morgan fingerprint density at radius 2 is 2.26 bits per heavy atom. The molecule has 0 spiro atoms. The predicted molar refractivity (Wildman–Crippen MR) is 72.5 cm³/mol. The summed E-state index contributed by atoms with van der Waals surface area (Å²) in [7, 11) is 1.42. The number of methoxy groups -OCH3 is 1. The number of aliphatic carboxylic acids is 1. The van der Waals surface area contributed by atoms with E-state index >= 15 is 0 Å². The Morgan fingerprint density at radius 3 is 2.84 bits per heavy atom. The van der Waals surface area contributed by atoms with Crippen LogP contribution in [0.15, 0.2) is 17.5 Å². The van der Waals surface area contributed by atoms with Crippen molar-refractivity contribution in [3.63, 3.8) is 0 Å². The molecule has 0 bridgehead atoms. The lowest BCUT2D eigenvalue weighted by molar-refractivity contribution is -0.139. The second-order valence-corrected chi connectivity index (χ2v) is 4.95. The number of hydrogen-bond donors (Lipinski definition) is 3.